The summed E-state index contributed by atoms with van der Waals surface area (Å²) in [5, 5.41) is 2.86. The molecule has 0 aliphatic carbocycles. The third kappa shape index (κ3) is 5.45. The Morgan fingerprint density at radius 1 is 1.09 bits per heavy atom. The van der Waals surface area contributed by atoms with Gasteiger partial charge in [-0.3, -0.25) is 4.79 Å². The van der Waals surface area contributed by atoms with Gasteiger partial charge in [-0.05, 0) is 49.2 Å². The summed E-state index contributed by atoms with van der Waals surface area (Å²) >= 11 is 1.72. The van der Waals surface area contributed by atoms with Crippen LogP contribution in [0, 0.1) is 13.8 Å². The molecule has 0 aromatic heterocycles. The van der Waals surface area contributed by atoms with Crippen molar-refractivity contribution < 1.29 is 9.53 Å². The van der Waals surface area contributed by atoms with Crippen molar-refractivity contribution in [2.24, 2.45) is 0 Å². The lowest BCUT2D eigenvalue weighted by atomic mass is 10.1. The Morgan fingerprint density at radius 3 is 2.59 bits per heavy atom. The molecular formula is C18H21NO2S. The first-order valence-electron chi connectivity index (χ1n) is 7.30. The second-order valence-corrected chi connectivity index (χ2v) is 6.21. The molecule has 1 amide bonds. The molecule has 1 N–H and O–H groups in total. The normalized spacial score (nSPS) is 10.3. The van der Waals surface area contributed by atoms with Crippen molar-refractivity contribution >= 4 is 17.7 Å². The number of ether oxygens (including phenoxy) is 1. The van der Waals surface area contributed by atoms with E-state index in [4.69, 9.17) is 4.74 Å². The molecule has 2 rings (SSSR count). The molecule has 0 unspecified atom stereocenters. The molecule has 3 nitrogen and oxygen atoms in total. The van der Waals surface area contributed by atoms with Gasteiger partial charge in [0.05, 0.1) is 0 Å². The van der Waals surface area contributed by atoms with Crippen molar-refractivity contribution in [3.63, 3.8) is 0 Å². The Labute approximate surface area is 136 Å². The smallest absolute Gasteiger partial charge is 0.257 e. The molecule has 0 bridgehead atoms. The Hall–Kier alpha value is -1.94. The van der Waals surface area contributed by atoms with E-state index >= 15 is 0 Å². The summed E-state index contributed by atoms with van der Waals surface area (Å²) in [7, 11) is 0. The molecule has 0 heterocycles. The summed E-state index contributed by atoms with van der Waals surface area (Å²) in [5.74, 6) is 1.49. The molecule has 2 aromatic rings. The molecule has 0 aliphatic rings. The molecule has 0 fully saturated rings. The fourth-order valence-electron chi connectivity index (χ4n) is 1.88. The van der Waals surface area contributed by atoms with Gasteiger partial charge in [0.25, 0.3) is 5.91 Å². The van der Waals surface area contributed by atoms with E-state index in [1.165, 1.54) is 10.5 Å². The number of carbonyl (C=O) groups excluding carboxylic acids is 1. The minimum absolute atomic E-state index is 0.0541. The second kappa shape index (κ2) is 8.49. The van der Waals surface area contributed by atoms with E-state index in [9.17, 15) is 4.79 Å². The van der Waals surface area contributed by atoms with Crippen LogP contribution in [0.1, 0.15) is 11.1 Å². The number of carbonyl (C=O) groups is 1. The summed E-state index contributed by atoms with van der Waals surface area (Å²) in [6.45, 7) is 4.77. The van der Waals surface area contributed by atoms with Crippen LogP contribution in [-0.4, -0.2) is 24.8 Å². The Morgan fingerprint density at radius 2 is 1.86 bits per heavy atom. The number of rotatable bonds is 7. The quantitative estimate of drug-likeness (QED) is 0.627. The van der Waals surface area contributed by atoms with Gasteiger partial charge in [0.2, 0.25) is 0 Å². The number of aryl methyl sites for hydroxylation is 2. The predicted octanol–water partition coefficient (Wildman–Crippen LogP) is 3.59. The van der Waals surface area contributed by atoms with Gasteiger partial charge in [-0.2, -0.15) is 0 Å². The maximum atomic E-state index is 11.7. The van der Waals surface area contributed by atoms with Gasteiger partial charge in [-0.1, -0.05) is 24.3 Å². The van der Waals surface area contributed by atoms with Crippen LogP contribution >= 0.6 is 11.8 Å². The summed E-state index contributed by atoms with van der Waals surface area (Å²) in [6.07, 6.45) is 0. The zero-order chi connectivity index (χ0) is 15.8. The van der Waals surface area contributed by atoms with Gasteiger partial charge in [0.1, 0.15) is 5.75 Å². The van der Waals surface area contributed by atoms with Crippen LogP contribution in [0.4, 0.5) is 0 Å². The van der Waals surface area contributed by atoms with Gasteiger partial charge < -0.3 is 10.1 Å². The average molecular weight is 315 g/mol. The number of nitrogens with one attached hydrogen (secondary N) is 1. The molecule has 22 heavy (non-hydrogen) atoms. The topological polar surface area (TPSA) is 38.3 Å². The van der Waals surface area contributed by atoms with Crippen molar-refractivity contribution in [1.29, 1.82) is 0 Å². The largest absolute Gasteiger partial charge is 0.484 e. The SMILES string of the molecule is Cc1ccc(OCC(=O)NCCSc2ccccc2)cc1C. The van der Waals surface area contributed by atoms with Crippen LogP contribution < -0.4 is 10.1 Å². The first-order valence-corrected chi connectivity index (χ1v) is 8.28. The van der Waals surface area contributed by atoms with Crippen LogP contribution in [0.25, 0.3) is 0 Å². The fraction of sp³-hybridized carbons (Fsp3) is 0.278. The highest BCUT2D eigenvalue weighted by atomic mass is 32.2. The molecule has 0 aliphatic heterocycles. The lowest BCUT2D eigenvalue weighted by Crippen LogP contribution is -2.30. The molecule has 0 atom stereocenters. The Kier molecular flexibility index (Phi) is 6.34. The minimum atomic E-state index is -0.0908. The second-order valence-electron chi connectivity index (χ2n) is 5.05. The minimum Gasteiger partial charge on any atom is -0.484 e. The first-order chi connectivity index (χ1) is 10.6. The number of hydrogen-bond acceptors (Lipinski definition) is 3. The van der Waals surface area contributed by atoms with Crippen molar-refractivity contribution in [3.8, 4) is 5.75 Å². The van der Waals surface area contributed by atoms with E-state index in [-0.39, 0.29) is 12.5 Å². The average Bonchev–Trinajstić information content (AvgIpc) is 2.54. The first kappa shape index (κ1) is 16.4. The number of hydrogen-bond donors (Lipinski definition) is 1. The fourth-order valence-corrected chi connectivity index (χ4v) is 2.67. The van der Waals surface area contributed by atoms with E-state index in [2.05, 4.69) is 24.4 Å². The van der Waals surface area contributed by atoms with E-state index in [1.54, 1.807) is 11.8 Å². The predicted molar refractivity (Wildman–Crippen MR) is 91.6 cm³/mol. The molecular weight excluding hydrogens is 294 g/mol. The molecule has 0 saturated carbocycles. The van der Waals surface area contributed by atoms with Gasteiger partial charge >= 0.3 is 0 Å². The van der Waals surface area contributed by atoms with Crippen molar-refractivity contribution in [2.75, 3.05) is 18.9 Å². The van der Waals surface area contributed by atoms with Crippen LogP contribution in [0.15, 0.2) is 53.4 Å². The van der Waals surface area contributed by atoms with E-state index in [0.29, 0.717) is 6.54 Å². The Balaban J connectivity index is 1.64. The molecule has 116 valence electrons. The third-order valence-electron chi connectivity index (χ3n) is 3.28. The van der Waals surface area contributed by atoms with Crippen LogP contribution in [-0.2, 0) is 4.79 Å². The zero-order valence-electron chi connectivity index (χ0n) is 13.0. The van der Waals surface area contributed by atoms with E-state index in [0.717, 1.165) is 17.1 Å². The standard InChI is InChI=1S/C18H21NO2S/c1-14-8-9-16(12-15(14)2)21-13-18(20)19-10-11-22-17-6-4-3-5-7-17/h3-9,12H,10-11,13H2,1-2H3,(H,19,20). The maximum Gasteiger partial charge on any atom is 0.257 e. The van der Waals surface area contributed by atoms with Crippen molar-refractivity contribution in [3.05, 3.63) is 59.7 Å². The third-order valence-corrected chi connectivity index (χ3v) is 4.30. The summed E-state index contributed by atoms with van der Waals surface area (Å²) < 4.78 is 5.50. The highest BCUT2D eigenvalue weighted by Gasteiger charge is 2.03. The molecule has 2 aromatic carbocycles. The van der Waals surface area contributed by atoms with Gasteiger partial charge in [-0.25, -0.2) is 0 Å². The van der Waals surface area contributed by atoms with Crippen molar-refractivity contribution in [2.45, 2.75) is 18.7 Å². The van der Waals surface area contributed by atoms with Gasteiger partial charge in [0, 0.05) is 17.2 Å². The molecule has 0 radical (unpaired) electrons. The van der Waals surface area contributed by atoms with Gasteiger partial charge in [0.15, 0.2) is 6.61 Å². The summed E-state index contributed by atoms with van der Waals surface area (Å²) in [4.78, 5) is 12.9. The summed E-state index contributed by atoms with van der Waals surface area (Å²) in [5.41, 5.74) is 2.38. The lowest BCUT2D eigenvalue weighted by molar-refractivity contribution is -0.122. The highest BCUT2D eigenvalue weighted by Crippen LogP contribution is 2.17. The number of benzene rings is 2. The number of amides is 1. The summed E-state index contributed by atoms with van der Waals surface area (Å²) in [6, 6.07) is 16.0. The van der Waals surface area contributed by atoms with Crippen LogP contribution in [0.3, 0.4) is 0 Å². The lowest BCUT2D eigenvalue weighted by Gasteiger charge is -2.09. The zero-order valence-corrected chi connectivity index (χ0v) is 13.8. The monoisotopic (exact) mass is 315 g/mol. The van der Waals surface area contributed by atoms with E-state index in [1.807, 2.05) is 43.3 Å². The molecule has 0 spiro atoms. The van der Waals surface area contributed by atoms with E-state index < -0.39 is 0 Å². The highest BCUT2D eigenvalue weighted by molar-refractivity contribution is 7.99. The van der Waals surface area contributed by atoms with Crippen LogP contribution in [0.2, 0.25) is 0 Å². The molecule has 4 heteroatoms. The molecule has 0 saturated heterocycles. The Bertz CT molecular complexity index is 614. The number of thioether (sulfide) groups is 1. The van der Waals surface area contributed by atoms with Gasteiger partial charge in [-0.15, -0.1) is 11.8 Å². The van der Waals surface area contributed by atoms with Crippen molar-refractivity contribution in [1.82, 2.24) is 5.32 Å². The van der Waals surface area contributed by atoms with Crippen LogP contribution in [0.5, 0.6) is 5.75 Å². The maximum absolute atomic E-state index is 11.7.